The predicted octanol–water partition coefficient (Wildman–Crippen LogP) is 11.0. The minimum absolute atomic E-state index is 0.150. The van der Waals surface area contributed by atoms with Crippen LogP contribution in [0.15, 0.2) is 60.3 Å². The summed E-state index contributed by atoms with van der Waals surface area (Å²) >= 11 is 0. The van der Waals surface area contributed by atoms with E-state index in [2.05, 4.69) is 103 Å². The number of hydrogen-bond acceptors (Lipinski definition) is 7. The molecule has 14 atom stereocenters. The number of rotatable bonds is 20. The quantitative estimate of drug-likeness (QED) is 0.0639. The minimum Gasteiger partial charge on any atom is -0.463 e. The van der Waals surface area contributed by atoms with E-state index in [0.717, 1.165) is 88.4 Å². The van der Waals surface area contributed by atoms with Crippen LogP contribution in [0.4, 0.5) is 0 Å². The van der Waals surface area contributed by atoms with Crippen molar-refractivity contribution in [1.82, 2.24) is 0 Å². The van der Waals surface area contributed by atoms with Crippen LogP contribution in [-0.4, -0.2) is 64.7 Å². The fraction of sp³-hybridized carbons (Fsp3) is 0.784. The molecule has 4 aliphatic carbocycles. The summed E-state index contributed by atoms with van der Waals surface area (Å²) in [6.07, 6.45) is 31.5. The Bertz CT molecular complexity index is 1430. The van der Waals surface area contributed by atoms with Crippen molar-refractivity contribution < 1.29 is 34.3 Å². The fourth-order valence-electron chi connectivity index (χ4n) is 12.1. The summed E-state index contributed by atoms with van der Waals surface area (Å²) < 4.78 is 18.0. The summed E-state index contributed by atoms with van der Waals surface area (Å²) in [5, 5.41) is 32.5. The Morgan fingerprint density at radius 3 is 2.33 bits per heavy atom. The molecule has 0 amide bonds. The molecule has 5 aliphatic rings. The highest BCUT2D eigenvalue weighted by atomic mass is 16.7. The van der Waals surface area contributed by atoms with Gasteiger partial charge in [-0.25, -0.2) is 0 Å². The molecule has 0 radical (unpaired) electrons. The van der Waals surface area contributed by atoms with Crippen molar-refractivity contribution in [2.75, 3.05) is 6.61 Å². The molecule has 0 aromatic heterocycles. The number of ether oxygens (including phenoxy) is 3. The van der Waals surface area contributed by atoms with Gasteiger partial charge in [-0.15, -0.1) is 0 Å². The van der Waals surface area contributed by atoms with Gasteiger partial charge in [0.15, 0.2) is 6.29 Å². The van der Waals surface area contributed by atoms with Crippen molar-refractivity contribution in [1.29, 1.82) is 0 Å². The number of carbonyl (C=O) groups is 1. The van der Waals surface area contributed by atoms with Gasteiger partial charge >= 0.3 is 5.97 Å². The van der Waals surface area contributed by atoms with E-state index in [9.17, 15) is 20.1 Å². The van der Waals surface area contributed by atoms with E-state index in [1.54, 1.807) is 0 Å². The first-order valence-electron chi connectivity index (χ1n) is 23.7. The monoisotopic (exact) mass is 807 g/mol. The molecule has 7 heteroatoms. The largest absolute Gasteiger partial charge is 0.463 e. The number of aliphatic hydroxyl groups is 3. The molecule has 0 bridgehead atoms. The molecule has 4 fully saturated rings. The number of fused-ring (bicyclic) bond motifs is 5. The Hall–Kier alpha value is -2.03. The number of allylic oxidation sites excluding steroid dienone is 9. The number of carbonyl (C=O) groups excluding carboxylic acids is 1. The maximum absolute atomic E-state index is 12.6. The highest BCUT2D eigenvalue weighted by molar-refractivity contribution is 5.69. The molecule has 328 valence electrons. The smallest absolute Gasteiger partial charge is 0.305 e. The molecular weight excluding hydrogens is 725 g/mol. The van der Waals surface area contributed by atoms with Gasteiger partial charge in [-0.1, -0.05) is 115 Å². The lowest BCUT2D eigenvalue weighted by molar-refractivity contribution is -0.313. The van der Waals surface area contributed by atoms with Crippen LogP contribution in [0.25, 0.3) is 0 Å². The lowest BCUT2D eigenvalue weighted by atomic mass is 9.47. The number of hydrogen-bond donors (Lipinski definition) is 3. The molecular formula is C51H82O7. The van der Waals surface area contributed by atoms with Gasteiger partial charge in [-0.05, 0) is 149 Å². The van der Waals surface area contributed by atoms with Gasteiger partial charge in [0.05, 0.1) is 6.10 Å². The first-order chi connectivity index (χ1) is 27.8. The van der Waals surface area contributed by atoms with Gasteiger partial charge in [0.25, 0.3) is 0 Å². The van der Waals surface area contributed by atoms with Crippen molar-refractivity contribution >= 4 is 5.97 Å². The first kappa shape index (κ1) is 47.0. The molecule has 0 aromatic carbocycles. The van der Waals surface area contributed by atoms with E-state index < -0.39 is 30.7 Å². The average molecular weight is 807 g/mol. The van der Waals surface area contributed by atoms with Crippen molar-refractivity contribution in [3.05, 3.63) is 60.3 Å². The molecule has 1 aliphatic heterocycles. The maximum atomic E-state index is 12.6. The summed E-state index contributed by atoms with van der Waals surface area (Å²) in [7, 11) is 0. The Morgan fingerprint density at radius 1 is 0.862 bits per heavy atom. The summed E-state index contributed by atoms with van der Waals surface area (Å²) in [6.45, 7) is 16.6. The fourth-order valence-corrected chi connectivity index (χ4v) is 12.1. The molecule has 3 saturated carbocycles. The normalized spacial score (nSPS) is 37.7. The molecule has 1 heterocycles. The SMILES string of the molecule is CC/C=C\C/C=C\C/C=C\CCCCCC(=O)OCC1OC(OC2CCC3(C)C(=CCC4C3CCC3(C)C(C(C)/C=C/C(CC)C(C)C)CCC43)C2)C(O)C(O)C1O. The molecule has 3 N–H and O–H groups in total. The maximum Gasteiger partial charge on any atom is 0.305 e. The van der Waals surface area contributed by atoms with Crippen molar-refractivity contribution in [3.8, 4) is 0 Å². The van der Waals surface area contributed by atoms with Gasteiger partial charge in [0.1, 0.15) is 31.0 Å². The molecule has 1 saturated heterocycles. The van der Waals surface area contributed by atoms with E-state index >= 15 is 0 Å². The van der Waals surface area contributed by atoms with Gasteiger partial charge < -0.3 is 29.5 Å². The summed E-state index contributed by atoms with van der Waals surface area (Å²) in [4.78, 5) is 12.6. The number of esters is 1. The van der Waals surface area contributed by atoms with Gasteiger partial charge in [0.2, 0.25) is 0 Å². The van der Waals surface area contributed by atoms with Crippen LogP contribution in [0.5, 0.6) is 0 Å². The third kappa shape index (κ3) is 11.5. The van der Waals surface area contributed by atoms with Crippen molar-refractivity contribution in [3.63, 3.8) is 0 Å². The standard InChI is InChI=1S/C51H82O7/c1-8-10-11-12-13-14-15-16-17-18-19-20-21-22-45(52)56-34-44-46(53)47(54)48(55)49(58-44)57-39-29-31-50(6)38(33-39)25-26-40-42-28-27-41(51(42,7)32-30-43(40)50)36(5)23-24-37(9-2)35(3)4/h10-11,13-14,16-17,23-25,35-37,39-44,46-49,53-55H,8-9,12,15,18-22,26-34H2,1-7H3/b11-10-,14-13-,17-16-,24-23+. The second-order valence-corrected chi connectivity index (χ2v) is 19.6. The van der Waals surface area contributed by atoms with E-state index in [0.29, 0.717) is 35.5 Å². The van der Waals surface area contributed by atoms with Crippen LogP contribution in [0.3, 0.4) is 0 Å². The van der Waals surface area contributed by atoms with E-state index in [1.165, 1.54) is 37.7 Å². The lowest BCUT2D eigenvalue weighted by Crippen LogP contribution is -2.60. The van der Waals surface area contributed by atoms with Crippen LogP contribution >= 0.6 is 0 Å². The molecule has 7 nitrogen and oxygen atoms in total. The van der Waals surface area contributed by atoms with Gasteiger partial charge in [-0.3, -0.25) is 4.79 Å². The second kappa shape index (κ2) is 22.2. The van der Waals surface area contributed by atoms with Gasteiger partial charge in [-0.2, -0.15) is 0 Å². The molecule has 0 aromatic rings. The van der Waals surface area contributed by atoms with Crippen molar-refractivity contribution in [2.24, 2.45) is 52.3 Å². The predicted molar refractivity (Wildman–Crippen MR) is 235 cm³/mol. The number of unbranched alkanes of at least 4 members (excludes halogenated alkanes) is 3. The second-order valence-electron chi connectivity index (χ2n) is 19.6. The van der Waals surface area contributed by atoms with Gasteiger partial charge in [0, 0.05) is 6.42 Å². The van der Waals surface area contributed by atoms with Crippen LogP contribution in [0.2, 0.25) is 0 Å². The summed E-state index contributed by atoms with van der Waals surface area (Å²) in [5.74, 6) is 4.56. The topological polar surface area (TPSA) is 105 Å². The Labute approximate surface area is 352 Å². The third-order valence-electron chi connectivity index (χ3n) is 15.7. The zero-order valence-corrected chi connectivity index (χ0v) is 37.4. The highest BCUT2D eigenvalue weighted by Gasteiger charge is 2.59. The summed E-state index contributed by atoms with van der Waals surface area (Å²) in [6, 6.07) is 0. The highest BCUT2D eigenvalue weighted by Crippen LogP contribution is 2.67. The zero-order chi connectivity index (χ0) is 41.9. The molecule has 0 spiro atoms. The zero-order valence-electron chi connectivity index (χ0n) is 37.4. The summed E-state index contributed by atoms with van der Waals surface area (Å²) in [5.41, 5.74) is 2.03. The molecule has 5 rings (SSSR count). The average Bonchev–Trinajstić information content (AvgIpc) is 3.56. The van der Waals surface area contributed by atoms with Crippen LogP contribution in [0.1, 0.15) is 158 Å². The number of aliphatic hydroxyl groups excluding tert-OH is 3. The van der Waals surface area contributed by atoms with E-state index in [-0.39, 0.29) is 24.1 Å². The third-order valence-corrected chi connectivity index (χ3v) is 15.7. The Morgan fingerprint density at radius 2 is 1.60 bits per heavy atom. The Balaban J connectivity index is 1.07. The van der Waals surface area contributed by atoms with Crippen molar-refractivity contribution in [2.45, 2.75) is 194 Å². The van der Waals surface area contributed by atoms with E-state index in [1.807, 2.05) is 0 Å². The lowest BCUT2D eigenvalue weighted by Gasteiger charge is -2.58. The van der Waals surface area contributed by atoms with E-state index in [4.69, 9.17) is 14.2 Å². The van der Waals surface area contributed by atoms with Crippen LogP contribution < -0.4 is 0 Å². The van der Waals surface area contributed by atoms with Crippen LogP contribution in [0, 0.1) is 52.3 Å². The molecule has 14 unspecified atom stereocenters. The first-order valence-corrected chi connectivity index (χ1v) is 23.7. The minimum atomic E-state index is -1.46. The van der Waals surface area contributed by atoms with Crippen LogP contribution in [-0.2, 0) is 19.0 Å². The Kier molecular flexibility index (Phi) is 18.0. The molecule has 58 heavy (non-hydrogen) atoms.